The molecule has 0 aliphatic carbocycles. The first kappa shape index (κ1) is 12.8. The van der Waals surface area contributed by atoms with Crippen molar-refractivity contribution in [3.63, 3.8) is 0 Å². The van der Waals surface area contributed by atoms with Crippen molar-refractivity contribution in [3.05, 3.63) is 0 Å². The van der Waals surface area contributed by atoms with E-state index in [2.05, 4.69) is 4.90 Å². The maximum atomic E-state index is 12.3. The number of aliphatic hydroxyl groups excluding tert-OH is 1. The number of carbonyl (C=O) groups is 1. The van der Waals surface area contributed by atoms with Gasteiger partial charge in [0.25, 0.3) is 0 Å². The molecule has 0 aromatic carbocycles. The lowest BCUT2D eigenvalue weighted by Crippen LogP contribution is -2.47. The van der Waals surface area contributed by atoms with Gasteiger partial charge in [0.15, 0.2) is 0 Å². The minimum atomic E-state index is -0.310. The molecule has 2 rings (SSSR count). The van der Waals surface area contributed by atoms with E-state index < -0.39 is 0 Å². The average molecular weight is 240 g/mol. The van der Waals surface area contributed by atoms with Gasteiger partial charge in [0.1, 0.15) is 0 Å². The van der Waals surface area contributed by atoms with Gasteiger partial charge in [0, 0.05) is 13.1 Å². The summed E-state index contributed by atoms with van der Waals surface area (Å²) in [7, 11) is 0. The monoisotopic (exact) mass is 240 g/mol. The first-order chi connectivity index (χ1) is 8.18. The van der Waals surface area contributed by atoms with Gasteiger partial charge in [0.05, 0.1) is 12.1 Å². The zero-order valence-electron chi connectivity index (χ0n) is 10.8. The van der Waals surface area contributed by atoms with Crippen LogP contribution >= 0.6 is 0 Å². The molecule has 2 fully saturated rings. The largest absolute Gasteiger partial charge is 0.391 e. The quantitative estimate of drug-likeness (QED) is 0.778. The Labute approximate surface area is 104 Å². The SMILES string of the molecule is CC(C(=O)N1CC[C@H](O)C1)N1CCCCCC1. The van der Waals surface area contributed by atoms with Crippen LogP contribution in [0.5, 0.6) is 0 Å². The van der Waals surface area contributed by atoms with Crippen LogP contribution in [0, 0.1) is 0 Å². The normalized spacial score (nSPS) is 29.1. The Kier molecular flexibility index (Phi) is 4.40. The van der Waals surface area contributed by atoms with E-state index in [1.165, 1.54) is 25.7 Å². The highest BCUT2D eigenvalue weighted by atomic mass is 16.3. The smallest absolute Gasteiger partial charge is 0.239 e. The molecule has 0 bridgehead atoms. The van der Waals surface area contributed by atoms with Gasteiger partial charge in [-0.3, -0.25) is 9.69 Å². The van der Waals surface area contributed by atoms with E-state index in [1.54, 1.807) is 0 Å². The lowest BCUT2D eigenvalue weighted by atomic mass is 10.2. The molecule has 4 heteroatoms. The van der Waals surface area contributed by atoms with Crippen LogP contribution in [0.15, 0.2) is 0 Å². The van der Waals surface area contributed by atoms with Crippen molar-refractivity contribution in [2.75, 3.05) is 26.2 Å². The standard InChI is InChI=1S/C13H24N2O2/c1-11(14-7-4-2-3-5-8-14)13(17)15-9-6-12(16)10-15/h11-12,16H,2-10H2,1H3/t11?,12-/m0/s1. The molecule has 1 amide bonds. The average Bonchev–Trinajstić information content (AvgIpc) is 2.60. The summed E-state index contributed by atoms with van der Waals surface area (Å²) < 4.78 is 0. The fourth-order valence-electron chi connectivity index (χ4n) is 2.84. The highest BCUT2D eigenvalue weighted by Gasteiger charge is 2.30. The van der Waals surface area contributed by atoms with Crippen LogP contribution in [0.3, 0.4) is 0 Å². The number of aliphatic hydroxyl groups is 1. The van der Waals surface area contributed by atoms with Crippen molar-refractivity contribution in [1.82, 2.24) is 9.80 Å². The van der Waals surface area contributed by atoms with Crippen LogP contribution in [0.4, 0.5) is 0 Å². The van der Waals surface area contributed by atoms with Gasteiger partial charge >= 0.3 is 0 Å². The Morgan fingerprint density at radius 3 is 2.35 bits per heavy atom. The predicted octanol–water partition coefficient (Wildman–Crippen LogP) is 0.844. The van der Waals surface area contributed by atoms with E-state index >= 15 is 0 Å². The zero-order valence-corrected chi connectivity index (χ0v) is 10.8. The molecule has 2 aliphatic heterocycles. The Bertz CT molecular complexity index is 262. The van der Waals surface area contributed by atoms with Crippen LogP contribution in [0.2, 0.25) is 0 Å². The van der Waals surface area contributed by atoms with Crippen molar-refractivity contribution in [3.8, 4) is 0 Å². The van der Waals surface area contributed by atoms with Crippen molar-refractivity contribution in [2.45, 2.75) is 51.2 Å². The first-order valence-electron chi connectivity index (χ1n) is 6.89. The third-order valence-electron chi connectivity index (χ3n) is 4.02. The number of hydrogen-bond acceptors (Lipinski definition) is 3. The second kappa shape index (κ2) is 5.83. The summed E-state index contributed by atoms with van der Waals surface area (Å²) in [6.45, 7) is 5.35. The summed E-state index contributed by atoms with van der Waals surface area (Å²) in [5.74, 6) is 0.198. The molecule has 17 heavy (non-hydrogen) atoms. The molecule has 1 N–H and O–H groups in total. The van der Waals surface area contributed by atoms with Crippen LogP contribution in [0.1, 0.15) is 39.0 Å². The first-order valence-corrected chi connectivity index (χ1v) is 6.89. The second-order valence-corrected chi connectivity index (χ2v) is 5.35. The summed E-state index contributed by atoms with van der Waals surface area (Å²) >= 11 is 0. The van der Waals surface area contributed by atoms with E-state index in [9.17, 15) is 9.90 Å². The summed E-state index contributed by atoms with van der Waals surface area (Å²) in [5, 5.41) is 9.48. The van der Waals surface area contributed by atoms with Gasteiger partial charge < -0.3 is 10.0 Å². The van der Waals surface area contributed by atoms with Gasteiger partial charge in [-0.15, -0.1) is 0 Å². The van der Waals surface area contributed by atoms with E-state index in [0.717, 1.165) is 26.1 Å². The minimum absolute atomic E-state index is 0.0154. The van der Waals surface area contributed by atoms with Gasteiger partial charge in [0.2, 0.25) is 5.91 Å². The second-order valence-electron chi connectivity index (χ2n) is 5.35. The Hall–Kier alpha value is -0.610. The number of β-amino-alcohol motifs (C(OH)–C–C–N with tert-alkyl or cyclic N) is 1. The number of likely N-dealkylation sites (tertiary alicyclic amines) is 2. The van der Waals surface area contributed by atoms with Crippen molar-refractivity contribution < 1.29 is 9.90 Å². The Balaban J connectivity index is 1.89. The number of amides is 1. The number of nitrogens with zero attached hydrogens (tertiary/aromatic N) is 2. The van der Waals surface area contributed by atoms with Gasteiger partial charge in [-0.05, 0) is 39.3 Å². The topological polar surface area (TPSA) is 43.8 Å². The lowest BCUT2D eigenvalue weighted by molar-refractivity contribution is -0.135. The third kappa shape index (κ3) is 3.19. The zero-order chi connectivity index (χ0) is 12.3. The van der Waals surface area contributed by atoms with Crippen molar-refractivity contribution >= 4 is 5.91 Å². The highest BCUT2D eigenvalue weighted by Crippen LogP contribution is 2.16. The van der Waals surface area contributed by atoms with Gasteiger partial charge in [-0.1, -0.05) is 12.8 Å². The molecule has 98 valence electrons. The molecule has 2 atom stereocenters. The van der Waals surface area contributed by atoms with E-state index in [4.69, 9.17) is 0 Å². The lowest BCUT2D eigenvalue weighted by Gasteiger charge is -2.29. The molecule has 2 saturated heterocycles. The van der Waals surface area contributed by atoms with Crippen LogP contribution in [0.25, 0.3) is 0 Å². The fourth-order valence-corrected chi connectivity index (χ4v) is 2.84. The van der Waals surface area contributed by atoms with Crippen molar-refractivity contribution in [2.24, 2.45) is 0 Å². The molecule has 1 unspecified atom stereocenters. The fraction of sp³-hybridized carbons (Fsp3) is 0.923. The molecule has 0 aromatic rings. The van der Waals surface area contributed by atoms with Crippen LogP contribution in [-0.4, -0.2) is 59.1 Å². The number of hydrogen-bond donors (Lipinski definition) is 1. The molecule has 2 aliphatic rings. The van der Waals surface area contributed by atoms with E-state index in [-0.39, 0.29) is 18.1 Å². The molecule has 2 heterocycles. The molecule has 0 aromatic heterocycles. The Morgan fingerprint density at radius 1 is 1.18 bits per heavy atom. The third-order valence-corrected chi connectivity index (χ3v) is 4.02. The van der Waals surface area contributed by atoms with Gasteiger partial charge in [-0.2, -0.15) is 0 Å². The molecule has 4 nitrogen and oxygen atoms in total. The van der Waals surface area contributed by atoms with Crippen LogP contribution < -0.4 is 0 Å². The summed E-state index contributed by atoms with van der Waals surface area (Å²) in [5.41, 5.74) is 0. The molecular weight excluding hydrogens is 216 g/mol. The summed E-state index contributed by atoms with van der Waals surface area (Å²) in [6, 6.07) is -0.0154. The maximum absolute atomic E-state index is 12.3. The number of rotatable bonds is 2. The summed E-state index contributed by atoms with van der Waals surface area (Å²) in [4.78, 5) is 16.4. The highest BCUT2D eigenvalue weighted by molar-refractivity contribution is 5.81. The molecular formula is C13H24N2O2. The van der Waals surface area contributed by atoms with Gasteiger partial charge in [-0.25, -0.2) is 0 Å². The Morgan fingerprint density at radius 2 is 1.82 bits per heavy atom. The minimum Gasteiger partial charge on any atom is -0.391 e. The van der Waals surface area contributed by atoms with Crippen LogP contribution in [-0.2, 0) is 4.79 Å². The predicted molar refractivity (Wildman–Crippen MR) is 66.7 cm³/mol. The summed E-state index contributed by atoms with van der Waals surface area (Å²) in [6.07, 6.45) is 5.42. The maximum Gasteiger partial charge on any atom is 0.239 e. The molecule has 0 saturated carbocycles. The van der Waals surface area contributed by atoms with E-state index in [1.807, 2.05) is 11.8 Å². The van der Waals surface area contributed by atoms with Crippen molar-refractivity contribution in [1.29, 1.82) is 0 Å². The molecule has 0 spiro atoms. The van der Waals surface area contributed by atoms with E-state index in [0.29, 0.717) is 6.54 Å². The number of carbonyl (C=O) groups excluding carboxylic acids is 1. The molecule has 0 radical (unpaired) electrons.